The van der Waals surface area contributed by atoms with Gasteiger partial charge in [0.1, 0.15) is 0 Å². The van der Waals surface area contributed by atoms with Crippen molar-refractivity contribution in [3.05, 3.63) is 0 Å². The van der Waals surface area contributed by atoms with Crippen molar-refractivity contribution in [3.63, 3.8) is 0 Å². The average molecular weight is 169 g/mol. The van der Waals surface area contributed by atoms with E-state index in [1.807, 2.05) is 0 Å². The topological polar surface area (TPSA) is 30.5 Å². The van der Waals surface area contributed by atoms with Gasteiger partial charge in [0.25, 0.3) is 0 Å². The minimum absolute atomic E-state index is 0.306. The molecular formula is C9H15NO2. The monoisotopic (exact) mass is 169 g/mol. The highest BCUT2D eigenvalue weighted by Gasteiger charge is 2.10. The van der Waals surface area contributed by atoms with Crippen molar-refractivity contribution in [1.82, 2.24) is 5.32 Å². The summed E-state index contributed by atoms with van der Waals surface area (Å²) in [6, 6.07) is 0.306. The molecule has 0 amide bonds. The van der Waals surface area contributed by atoms with Gasteiger partial charge >= 0.3 is 0 Å². The maximum absolute atomic E-state index is 5.30. The van der Waals surface area contributed by atoms with Crippen LogP contribution in [0.15, 0.2) is 0 Å². The molecule has 0 atom stereocenters. The van der Waals surface area contributed by atoms with E-state index in [9.17, 15) is 0 Å². The second-order valence-corrected chi connectivity index (χ2v) is 2.76. The molecule has 1 N–H and O–H groups in total. The van der Waals surface area contributed by atoms with Gasteiger partial charge in [-0.2, -0.15) is 0 Å². The Hall–Kier alpha value is -0.560. The van der Waals surface area contributed by atoms with Gasteiger partial charge in [-0.05, 0) is 0 Å². The van der Waals surface area contributed by atoms with Crippen molar-refractivity contribution in [2.45, 2.75) is 12.5 Å². The highest BCUT2D eigenvalue weighted by molar-refractivity contribution is 4.84. The molecule has 1 heterocycles. The molecule has 0 bridgehead atoms. The zero-order valence-corrected chi connectivity index (χ0v) is 7.21. The number of nitrogens with one attached hydrogen (secondary N) is 1. The van der Waals surface area contributed by atoms with Gasteiger partial charge in [-0.25, -0.2) is 0 Å². The molecule has 0 spiro atoms. The molecule has 1 aliphatic heterocycles. The minimum Gasteiger partial charge on any atom is -0.377 e. The Morgan fingerprint density at radius 2 is 2.00 bits per heavy atom. The second kappa shape index (κ2) is 6.01. The molecule has 68 valence electrons. The van der Waals surface area contributed by atoms with E-state index in [1.165, 1.54) is 0 Å². The van der Waals surface area contributed by atoms with Crippen LogP contribution in [0.3, 0.4) is 0 Å². The summed E-state index contributed by atoms with van der Waals surface area (Å²) >= 11 is 0. The number of hydrogen-bond donors (Lipinski definition) is 1. The van der Waals surface area contributed by atoms with Gasteiger partial charge in [0.2, 0.25) is 0 Å². The highest BCUT2D eigenvalue weighted by atomic mass is 16.5. The zero-order valence-electron chi connectivity index (χ0n) is 7.21. The first-order chi connectivity index (χ1) is 5.93. The van der Waals surface area contributed by atoms with E-state index >= 15 is 0 Å². The van der Waals surface area contributed by atoms with Crippen LogP contribution in [-0.4, -0.2) is 39.0 Å². The first-order valence-corrected chi connectivity index (χ1v) is 4.26. The molecule has 3 heteroatoms. The number of ether oxygens (including phenoxy) is 2. The lowest BCUT2D eigenvalue weighted by molar-refractivity contribution is 0.103. The van der Waals surface area contributed by atoms with Crippen LogP contribution in [0.1, 0.15) is 6.42 Å². The molecule has 1 aliphatic rings. The smallest absolute Gasteiger partial charge is 0.0701 e. The molecule has 1 saturated heterocycles. The molecular weight excluding hydrogens is 154 g/mol. The zero-order chi connectivity index (χ0) is 8.65. The van der Waals surface area contributed by atoms with E-state index < -0.39 is 0 Å². The molecule has 1 rings (SSSR count). The van der Waals surface area contributed by atoms with Gasteiger partial charge in [0, 0.05) is 13.0 Å². The molecule has 0 aromatic rings. The molecule has 0 saturated carbocycles. The van der Waals surface area contributed by atoms with Crippen LogP contribution in [0.25, 0.3) is 0 Å². The Morgan fingerprint density at radius 1 is 1.33 bits per heavy atom. The first kappa shape index (κ1) is 9.53. The van der Waals surface area contributed by atoms with Crippen molar-refractivity contribution < 1.29 is 9.47 Å². The van der Waals surface area contributed by atoms with Gasteiger partial charge in [-0.3, -0.25) is 0 Å². The Morgan fingerprint density at radius 3 is 2.58 bits per heavy atom. The van der Waals surface area contributed by atoms with Crippen LogP contribution in [-0.2, 0) is 9.47 Å². The van der Waals surface area contributed by atoms with Crippen molar-refractivity contribution in [2.24, 2.45) is 0 Å². The summed E-state index contributed by atoms with van der Waals surface area (Å²) in [5.41, 5.74) is 0. The van der Waals surface area contributed by atoms with Crippen LogP contribution in [0.5, 0.6) is 0 Å². The van der Waals surface area contributed by atoms with Crippen LogP contribution >= 0.6 is 0 Å². The predicted molar refractivity (Wildman–Crippen MR) is 46.9 cm³/mol. The van der Waals surface area contributed by atoms with Gasteiger partial charge in [-0.1, -0.05) is 0 Å². The standard InChI is InChI=1S/C9H15NO2/c1-2-3-4-10-9-7-11-5-6-12-8-9/h1,9-10H,3-8H2. The van der Waals surface area contributed by atoms with Crippen LogP contribution in [0.2, 0.25) is 0 Å². The van der Waals surface area contributed by atoms with E-state index in [-0.39, 0.29) is 0 Å². The van der Waals surface area contributed by atoms with Crippen molar-refractivity contribution in [1.29, 1.82) is 0 Å². The molecule has 0 aliphatic carbocycles. The normalized spacial score (nSPS) is 19.9. The number of hydrogen-bond acceptors (Lipinski definition) is 3. The van der Waals surface area contributed by atoms with Gasteiger partial charge in [-0.15, -0.1) is 12.3 Å². The Labute approximate surface area is 73.4 Å². The predicted octanol–water partition coefficient (Wildman–Crippen LogP) is 0.0147. The summed E-state index contributed by atoms with van der Waals surface area (Å²) < 4.78 is 10.6. The highest BCUT2D eigenvalue weighted by Crippen LogP contribution is 1.94. The second-order valence-electron chi connectivity index (χ2n) is 2.76. The minimum atomic E-state index is 0.306. The third kappa shape index (κ3) is 3.72. The lowest BCUT2D eigenvalue weighted by atomic mass is 10.3. The lowest BCUT2D eigenvalue weighted by Crippen LogP contribution is -2.36. The Bertz CT molecular complexity index is 145. The molecule has 0 radical (unpaired) electrons. The number of rotatable bonds is 3. The van der Waals surface area contributed by atoms with Gasteiger partial charge in [0.05, 0.1) is 32.5 Å². The van der Waals surface area contributed by atoms with Crippen molar-refractivity contribution in [2.75, 3.05) is 33.0 Å². The van der Waals surface area contributed by atoms with Gasteiger partial charge in [0.15, 0.2) is 0 Å². The Balaban J connectivity index is 2.08. The fraction of sp³-hybridized carbons (Fsp3) is 0.778. The first-order valence-electron chi connectivity index (χ1n) is 4.26. The van der Waals surface area contributed by atoms with Crippen LogP contribution < -0.4 is 5.32 Å². The fourth-order valence-corrected chi connectivity index (χ4v) is 1.08. The maximum Gasteiger partial charge on any atom is 0.0701 e. The summed E-state index contributed by atoms with van der Waals surface area (Å²) in [5, 5.41) is 3.27. The van der Waals surface area contributed by atoms with E-state index in [2.05, 4.69) is 11.2 Å². The van der Waals surface area contributed by atoms with Crippen molar-refractivity contribution in [3.8, 4) is 12.3 Å². The third-order valence-corrected chi connectivity index (χ3v) is 1.71. The summed E-state index contributed by atoms with van der Waals surface area (Å²) in [6.07, 6.45) is 5.88. The summed E-state index contributed by atoms with van der Waals surface area (Å²) in [7, 11) is 0. The van der Waals surface area contributed by atoms with Crippen LogP contribution in [0.4, 0.5) is 0 Å². The summed E-state index contributed by atoms with van der Waals surface area (Å²) in [5.74, 6) is 2.58. The molecule has 0 aromatic carbocycles. The van der Waals surface area contributed by atoms with E-state index in [0.717, 1.165) is 26.2 Å². The van der Waals surface area contributed by atoms with E-state index in [4.69, 9.17) is 15.9 Å². The van der Waals surface area contributed by atoms with E-state index in [0.29, 0.717) is 19.3 Å². The third-order valence-electron chi connectivity index (χ3n) is 1.71. The summed E-state index contributed by atoms with van der Waals surface area (Å²) in [4.78, 5) is 0. The summed E-state index contributed by atoms with van der Waals surface area (Å²) in [6.45, 7) is 3.70. The quantitative estimate of drug-likeness (QED) is 0.477. The van der Waals surface area contributed by atoms with Crippen molar-refractivity contribution >= 4 is 0 Å². The molecule has 3 nitrogen and oxygen atoms in total. The molecule has 12 heavy (non-hydrogen) atoms. The number of terminal acetylenes is 1. The van der Waals surface area contributed by atoms with E-state index in [1.54, 1.807) is 0 Å². The fourth-order valence-electron chi connectivity index (χ4n) is 1.08. The van der Waals surface area contributed by atoms with Gasteiger partial charge < -0.3 is 14.8 Å². The SMILES string of the molecule is C#CCCNC1COCCOC1. The molecule has 0 aromatic heterocycles. The largest absolute Gasteiger partial charge is 0.377 e. The maximum atomic E-state index is 5.30. The Kier molecular flexibility index (Phi) is 4.77. The molecule has 0 unspecified atom stereocenters. The average Bonchev–Trinajstić information content (AvgIpc) is 2.33. The lowest BCUT2D eigenvalue weighted by Gasteiger charge is -2.13. The van der Waals surface area contributed by atoms with Crippen LogP contribution in [0, 0.1) is 12.3 Å². The molecule has 1 fully saturated rings.